The average Bonchev–Trinajstić information content (AvgIpc) is 2.40. The third kappa shape index (κ3) is 2.54. The van der Waals surface area contributed by atoms with Gasteiger partial charge in [-0.25, -0.2) is 0 Å². The monoisotopic (exact) mass is 260 g/mol. The smallest absolute Gasteiger partial charge is 0.0686 e. The minimum atomic E-state index is 0.218. The van der Waals surface area contributed by atoms with Crippen molar-refractivity contribution in [3.05, 3.63) is 29.6 Å². The van der Waals surface area contributed by atoms with Gasteiger partial charge < -0.3 is 10.1 Å². The van der Waals surface area contributed by atoms with Crippen LogP contribution >= 0.6 is 0 Å². The molecule has 0 radical (unpaired) electrons. The first-order chi connectivity index (χ1) is 9.22. The second kappa shape index (κ2) is 5.22. The van der Waals surface area contributed by atoms with Crippen molar-refractivity contribution in [3.63, 3.8) is 0 Å². The molecule has 104 valence electrons. The Hall–Kier alpha value is -0.930. The molecule has 1 spiro atoms. The summed E-state index contributed by atoms with van der Waals surface area (Å²) in [6, 6.07) is 4.74. The molecular weight excluding hydrogens is 236 g/mol. The van der Waals surface area contributed by atoms with Crippen LogP contribution in [0.25, 0.3) is 0 Å². The standard InChI is InChI=1S/C16H24N2O/c1-12-4-5-14(11-18-12)15(17-2)13-6-9-19-16(10-13)7-3-8-16/h4-5,11,13,15,17H,3,6-10H2,1-2H3. The Morgan fingerprint density at radius 3 is 2.84 bits per heavy atom. The largest absolute Gasteiger partial charge is 0.375 e. The van der Waals surface area contributed by atoms with Gasteiger partial charge in [-0.05, 0) is 63.6 Å². The maximum absolute atomic E-state index is 6.04. The molecule has 1 aliphatic heterocycles. The predicted molar refractivity (Wildman–Crippen MR) is 76.0 cm³/mol. The zero-order valence-corrected chi connectivity index (χ0v) is 12.0. The molecule has 3 rings (SSSR count). The number of hydrogen-bond acceptors (Lipinski definition) is 3. The summed E-state index contributed by atoms with van der Waals surface area (Å²) < 4.78 is 6.04. The third-order valence-corrected chi connectivity index (χ3v) is 4.87. The molecule has 1 aromatic heterocycles. The quantitative estimate of drug-likeness (QED) is 0.907. The van der Waals surface area contributed by atoms with Crippen molar-refractivity contribution in [3.8, 4) is 0 Å². The van der Waals surface area contributed by atoms with E-state index in [4.69, 9.17) is 4.74 Å². The molecule has 2 heterocycles. The first-order valence-corrected chi connectivity index (χ1v) is 7.46. The lowest BCUT2D eigenvalue weighted by atomic mass is 9.70. The number of aryl methyl sites for hydroxylation is 1. The molecule has 2 aliphatic rings. The van der Waals surface area contributed by atoms with Crippen LogP contribution in [-0.4, -0.2) is 24.2 Å². The highest BCUT2D eigenvalue weighted by atomic mass is 16.5. The van der Waals surface area contributed by atoms with Gasteiger partial charge in [0.2, 0.25) is 0 Å². The van der Waals surface area contributed by atoms with Gasteiger partial charge >= 0.3 is 0 Å². The maximum Gasteiger partial charge on any atom is 0.0686 e. The van der Waals surface area contributed by atoms with Gasteiger partial charge in [0.05, 0.1) is 5.60 Å². The van der Waals surface area contributed by atoms with E-state index < -0.39 is 0 Å². The van der Waals surface area contributed by atoms with E-state index in [2.05, 4.69) is 29.5 Å². The molecule has 1 saturated carbocycles. The lowest BCUT2D eigenvalue weighted by molar-refractivity contribution is -0.147. The summed E-state index contributed by atoms with van der Waals surface area (Å²) in [5.74, 6) is 0.670. The number of nitrogens with zero attached hydrogens (tertiary/aromatic N) is 1. The van der Waals surface area contributed by atoms with Crippen molar-refractivity contribution in [2.24, 2.45) is 5.92 Å². The second-order valence-electron chi connectivity index (χ2n) is 6.14. The van der Waals surface area contributed by atoms with E-state index in [-0.39, 0.29) is 5.60 Å². The van der Waals surface area contributed by atoms with Gasteiger partial charge in [-0.2, -0.15) is 0 Å². The number of pyridine rings is 1. The summed E-state index contributed by atoms with van der Waals surface area (Å²) in [5, 5.41) is 3.50. The number of hydrogen-bond donors (Lipinski definition) is 1. The molecule has 1 saturated heterocycles. The highest BCUT2D eigenvalue weighted by Crippen LogP contribution is 2.47. The van der Waals surface area contributed by atoms with Crippen molar-refractivity contribution in [2.45, 2.75) is 50.7 Å². The molecule has 0 amide bonds. The summed E-state index contributed by atoms with van der Waals surface area (Å²) in [4.78, 5) is 4.44. The summed E-state index contributed by atoms with van der Waals surface area (Å²) in [6.45, 7) is 2.96. The van der Waals surface area contributed by atoms with Crippen molar-refractivity contribution in [1.82, 2.24) is 10.3 Å². The van der Waals surface area contributed by atoms with Crippen molar-refractivity contribution in [2.75, 3.05) is 13.7 Å². The topological polar surface area (TPSA) is 34.2 Å². The van der Waals surface area contributed by atoms with E-state index in [1.807, 2.05) is 13.1 Å². The van der Waals surface area contributed by atoms with Crippen LogP contribution in [0.3, 0.4) is 0 Å². The molecule has 0 aromatic carbocycles. The van der Waals surface area contributed by atoms with Crippen molar-refractivity contribution < 1.29 is 4.74 Å². The molecule has 3 nitrogen and oxygen atoms in total. The van der Waals surface area contributed by atoms with Crippen LogP contribution in [0.1, 0.15) is 49.4 Å². The van der Waals surface area contributed by atoms with Crippen molar-refractivity contribution in [1.29, 1.82) is 0 Å². The Kier molecular flexibility index (Phi) is 3.59. The normalized spacial score (nSPS) is 26.9. The zero-order valence-electron chi connectivity index (χ0n) is 12.0. The molecule has 2 fully saturated rings. The predicted octanol–water partition coefficient (Wildman–Crippen LogP) is 3.00. The lowest BCUT2D eigenvalue weighted by Gasteiger charge is -2.48. The summed E-state index contributed by atoms with van der Waals surface area (Å²) >= 11 is 0. The van der Waals surface area contributed by atoms with Crippen LogP contribution in [0.15, 0.2) is 18.3 Å². The fourth-order valence-electron chi connectivity index (χ4n) is 3.61. The molecule has 0 bridgehead atoms. The molecule has 3 heteroatoms. The highest BCUT2D eigenvalue weighted by molar-refractivity contribution is 5.18. The SMILES string of the molecule is CNC(c1ccc(C)nc1)C1CCOC2(CCC2)C1. The lowest BCUT2D eigenvalue weighted by Crippen LogP contribution is -2.47. The average molecular weight is 260 g/mol. The fraction of sp³-hybridized carbons (Fsp3) is 0.688. The van der Waals surface area contributed by atoms with E-state index in [1.54, 1.807) is 0 Å². The Morgan fingerprint density at radius 2 is 2.26 bits per heavy atom. The molecule has 1 aliphatic carbocycles. The van der Waals surface area contributed by atoms with Gasteiger partial charge in [-0.3, -0.25) is 4.98 Å². The Balaban J connectivity index is 1.76. The van der Waals surface area contributed by atoms with Crippen molar-refractivity contribution >= 4 is 0 Å². The van der Waals surface area contributed by atoms with E-state index in [0.717, 1.165) is 18.7 Å². The maximum atomic E-state index is 6.04. The minimum absolute atomic E-state index is 0.218. The summed E-state index contributed by atoms with van der Waals surface area (Å²) in [6.07, 6.45) is 8.23. The number of aromatic nitrogens is 1. The van der Waals surface area contributed by atoms with Crippen LogP contribution in [0.2, 0.25) is 0 Å². The molecule has 1 N–H and O–H groups in total. The minimum Gasteiger partial charge on any atom is -0.375 e. The zero-order chi connectivity index (χ0) is 13.3. The molecule has 2 atom stereocenters. The first kappa shape index (κ1) is 13.1. The second-order valence-corrected chi connectivity index (χ2v) is 6.14. The third-order valence-electron chi connectivity index (χ3n) is 4.87. The van der Waals surface area contributed by atoms with Gasteiger partial charge in [0.15, 0.2) is 0 Å². The fourth-order valence-corrected chi connectivity index (χ4v) is 3.61. The molecule has 2 unspecified atom stereocenters. The van der Waals surface area contributed by atoms with Gasteiger partial charge in [0.1, 0.15) is 0 Å². The van der Waals surface area contributed by atoms with Crippen LogP contribution < -0.4 is 5.32 Å². The number of ether oxygens (including phenoxy) is 1. The first-order valence-electron chi connectivity index (χ1n) is 7.46. The number of rotatable bonds is 3. The van der Waals surface area contributed by atoms with Crippen LogP contribution in [0, 0.1) is 12.8 Å². The summed E-state index contributed by atoms with van der Waals surface area (Å²) in [5.41, 5.74) is 2.62. The Labute approximate surface area is 115 Å². The van der Waals surface area contributed by atoms with Gasteiger partial charge in [0, 0.05) is 24.5 Å². The summed E-state index contributed by atoms with van der Waals surface area (Å²) in [7, 11) is 2.06. The highest BCUT2D eigenvalue weighted by Gasteiger charge is 2.44. The van der Waals surface area contributed by atoms with Gasteiger partial charge in [0.25, 0.3) is 0 Å². The van der Waals surface area contributed by atoms with E-state index in [1.165, 1.54) is 31.2 Å². The Bertz CT molecular complexity index is 425. The molecule has 1 aromatic rings. The van der Waals surface area contributed by atoms with E-state index >= 15 is 0 Å². The molecular formula is C16H24N2O. The van der Waals surface area contributed by atoms with Gasteiger partial charge in [-0.1, -0.05) is 6.07 Å². The number of nitrogens with one attached hydrogen (secondary N) is 1. The molecule has 19 heavy (non-hydrogen) atoms. The van der Waals surface area contributed by atoms with Crippen LogP contribution in [0.4, 0.5) is 0 Å². The van der Waals surface area contributed by atoms with Crippen LogP contribution in [0.5, 0.6) is 0 Å². The van der Waals surface area contributed by atoms with Crippen LogP contribution in [-0.2, 0) is 4.74 Å². The Morgan fingerprint density at radius 1 is 1.42 bits per heavy atom. The van der Waals surface area contributed by atoms with E-state index in [0.29, 0.717) is 12.0 Å². The van der Waals surface area contributed by atoms with E-state index in [9.17, 15) is 0 Å². The van der Waals surface area contributed by atoms with Gasteiger partial charge in [-0.15, -0.1) is 0 Å².